The van der Waals surface area contributed by atoms with Crippen molar-refractivity contribution < 1.29 is 14.2 Å². The summed E-state index contributed by atoms with van der Waals surface area (Å²) < 4.78 is 18.3. The maximum absolute atomic E-state index is 12.9. The number of aromatic nitrogens is 2. The summed E-state index contributed by atoms with van der Waals surface area (Å²) >= 11 is 0. The first-order valence-corrected chi connectivity index (χ1v) is 11.8. The number of aromatic amines is 1. The second-order valence-corrected chi connectivity index (χ2v) is 8.52. The zero-order valence-electron chi connectivity index (χ0n) is 19.9. The van der Waals surface area contributed by atoms with Gasteiger partial charge in [-0.1, -0.05) is 30.3 Å². The van der Waals surface area contributed by atoms with Crippen molar-refractivity contribution in [3.8, 4) is 11.5 Å². The molecule has 3 N–H and O–H groups in total. The minimum Gasteiger partial charge on any atom is -0.497 e. The van der Waals surface area contributed by atoms with Crippen molar-refractivity contribution >= 4 is 11.5 Å². The van der Waals surface area contributed by atoms with E-state index in [-0.39, 0.29) is 18.5 Å². The van der Waals surface area contributed by atoms with Gasteiger partial charge in [0.2, 0.25) is 0 Å². The van der Waals surface area contributed by atoms with E-state index < -0.39 is 11.2 Å². The number of nitrogens with two attached hydrogens (primary N) is 1. The SMILES string of the molecule is COc1ccc(OCCCN(CC2CCCO2)c2c(N)n(Cc3ccccc3)c(=O)[nH]c2=O)cc1. The molecule has 0 amide bonds. The van der Waals surface area contributed by atoms with E-state index in [4.69, 9.17) is 19.9 Å². The van der Waals surface area contributed by atoms with Crippen LogP contribution in [0.2, 0.25) is 0 Å². The van der Waals surface area contributed by atoms with Crippen LogP contribution in [-0.4, -0.2) is 49.1 Å². The molecular formula is C26H32N4O5. The lowest BCUT2D eigenvalue weighted by Gasteiger charge is -2.28. The molecule has 186 valence electrons. The summed E-state index contributed by atoms with van der Waals surface area (Å²) in [7, 11) is 1.62. The normalized spacial score (nSPS) is 15.2. The Labute approximate surface area is 204 Å². The predicted molar refractivity (Wildman–Crippen MR) is 136 cm³/mol. The van der Waals surface area contributed by atoms with Crippen LogP contribution in [0.1, 0.15) is 24.8 Å². The third kappa shape index (κ3) is 6.24. The lowest BCUT2D eigenvalue weighted by atomic mass is 10.2. The van der Waals surface area contributed by atoms with Gasteiger partial charge < -0.3 is 24.8 Å². The second kappa shape index (κ2) is 11.6. The van der Waals surface area contributed by atoms with Crippen molar-refractivity contribution in [2.24, 2.45) is 0 Å². The molecule has 0 bridgehead atoms. The van der Waals surface area contributed by atoms with Crippen LogP contribution < -0.4 is 31.4 Å². The molecule has 1 aliphatic rings. The molecule has 9 nitrogen and oxygen atoms in total. The van der Waals surface area contributed by atoms with Gasteiger partial charge in [-0.25, -0.2) is 4.79 Å². The predicted octanol–water partition coefficient (Wildman–Crippen LogP) is 2.63. The lowest BCUT2D eigenvalue weighted by molar-refractivity contribution is 0.115. The van der Waals surface area contributed by atoms with Gasteiger partial charge in [0, 0.05) is 19.7 Å². The number of benzene rings is 2. The third-order valence-electron chi connectivity index (χ3n) is 6.06. The second-order valence-electron chi connectivity index (χ2n) is 8.52. The molecule has 2 heterocycles. The maximum Gasteiger partial charge on any atom is 0.330 e. The average Bonchev–Trinajstić information content (AvgIpc) is 3.38. The largest absolute Gasteiger partial charge is 0.497 e. The monoisotopic (exact) mass is 480 g/mol. The van der Waals surface area contributed by atoms with Gasteiger partial charge in [0.15, 0.2) is 0 Å². The molecule has 1 aliphatic heterocycles. The molecule has 1 saturated heterocycles. The molecule has 9 heteroatoms. The van der Waals surface area contributed by atoms with Crippen molar-refractivity contribution in [3.05, 3.63) is 81.0 Å². The first-order valence-electron chi connectivity index (χ1n) is 11.8. The highest BCUT2D eigenvalue weighted by Crippen LogP contribution is 2.22. The van der Waals surface area contributed by atoms with E-state index in [0.717, 1.165) is 29.9 Å². The van der Waals surface area contributed by atoms with Crippen molar-refractivity contribution in [3.63, 3.8) is 0 Å². The number of nitrogens with zero attached hydrogens (tertiary/aromatic N) is 2. The fourth-order valence-corrected chi connectivity index (χ4v) is 4.25. The van der Waals surface area contributed by atoms with E-state index >= 15 is 0 Å². The fourth-order valence-electron chi connectivity index (χ4n) is 4.25. The topological polar surface area (TPSA) is 112 Å². The Morgan fingerprint density at radius 3 is 2.54 bits per heavy atom. The van der Waals surface area contributed by atoms with Gasteiger partial charge in [-0.3, -0.25) is 14.3 Å². The van der Waals surface area contributed by atoms with Crippen molar-refractivity contribution in [1.82, 2.24) is 9.55 Å². The lowest BCUT2D eigenvalue weighted by Crippen LogP contribution is -2.42. The van der Waals surface area contributed by atoms with Crippen LogP contribution >= 0.6 is 0 Å². The smallest absolute Gasteiger partial charge is 0.330 e. The van der Waals surface area contributed by atoms with Crippen LogP contribution in [0.3, 0.4) is 0 Å². The van der Waals surface area contributed by atoms with Crippen LogP contribution in [0.25, 0.3) is 0 Å². The highest BCUT2D eigenvalue weighted by atomic mass is 16.5. The molecule has 1 atom stereocenters. The maximum atomic E-state index is 12.9. The number of nitrogens with one attached hydrogen (secondary N) is 1. The molecule has 0 aliphatic carbocycles. The zero-order chi connectivity index (χ0) is 24.6. The number of H-pyrrole nitrogens is 1. The van der Waals surface area contributed by atoms with E-state index in [1.165, 1.54) is 4.57 Å². The Morgan fingerprint density at radius 2 is 1.86 bits per heavy atom. The van der Waals surface area contributed by atoms with Crippen LogP contribution in [0.4, 0.5) is 11.5 Å². The zero-order valence-corrected chi connectivity index (χ0v) is 19.9. The minimum absolute atomic E-state index is 0.00538. The number of nitrogen functional groups attached to an aromatic ring is 1. The first-order chi connectivity index (χ1) is 17.0. The van der Waals surface area contributed by atoms with Crippen LogP contribution in [-0.2, 0) is 11.3 Å². The summed E-state index contributed by atoms with van der Waals surface area (Å²) in [5.74, 6) is 1.65. The number of hydrogen-bond donors (Lipinski definition) is 2. The third-order valence-corrected chi connectivity index (χ3v) is 6.06. The molecule has 0 radical (unpaired) electrons. The van der Waals surface area contributed by atoms with Crippen LogP contribution in [0.15, 0.2) is 64.2 Å². The molecule has 1 unspecified atom stereocenters. The highest BCUT2D eigenvalue weighted by molar-refractivity contribution is 5.62. The van der Waals surface area contributed by atoms with Crippen LogP contribution in [0.5, 0.6) is 11.5 Å². The van der Waals surface area contributed by atoms with Crippen molar-refractivity contribution in [2.45, 2.75) is 31.9 Å². The Hall–Kier alpha value is -3.72. The van der Waals surface area contributed by atoms with E-state index in [0.29, 0.717) is 38.4 Å². The first kappa shape index (κ1) is 24.4. The summed E-state index contributed by atoms with van der Waals surface area (Å²) in [5, 5.41) is 0. The quantitative estimate of drug-likeness (QED) is 0.406. The van der Waals surface area contributed by atoms with E-state index in [1.54, 1.807) is 7.11 Å². The number of hydrogen-bond acceptors (Lipinski definition) is 7. The summed E-state index contributed by atoms with van der Waals surface area (Å²) in [6.45, 7) is 2.46. The van der Waals surface area contributed by atoms with E-state index in [2.05, 4.69) is 4.98 Å². The van der Waals surface area contributed by atoms with Crippen molar-refractivity contribution in [1.29, 1.82) is 0 Å². The summed E-state index contributed by atoms with van der Waals surface area (Å²) in [6, 6.07) is 16.9. The molecule has 0 saturated carbocycles. The molecule has 4 rings (SSSR count). The molecular weight excluding hydrogens is 448 g/mol. The van der Waals surface area contributed by atoms with Gasteiger partial charge in [-0.15, -0.1) is 0 Å². The number of rotatable bonds is 11. The summed E-state index contributed by atoms with van der Waals surface area (Å²) in [4.78, 5) is 29.9. The Bertz CT molecular complexity index is 1200. The fraction of sp³-hybridized carbons (Fsp3) is 0.385. The van der Waals surface area contributed by atoms with E-state index in [1.807, 2.05) is 59.5 Å². The van der Waals surface area contributed by atoms with Gasteiger partial charge >= 0.3 is 5.69 Å². The minimum atomic E-state index is -0.528. The molecule has 3 aromatic rings. The molecule has 1 fully saturated rings. The molecule has 1 aromatic heterocycles. The molecule has 35 heavy (non-hydrogen) atoms. The van der Waals surface area contributed by atoms with E-state index in [9.17, 15) is 9.59 Å². The highest BCUT2D eigenvalue weighted by Gasteiger charge is 2.24. The number of anilines is 2. The Balaban J connectivity index is 1.52. The Kier molecular flexibility index (Phi) is 8.10. The van der Waals surface area contributed by atoms with Crippen molar-refractivity contribution in [2.75, 3.05) is 44.0 Å². The van der Waals surface area contributed by atoms with Gasteiger partial charge in [0.25, 0.3) is 5.56 Å². The van der Waals surface area contributed by atoms with Crippen LogP contribution in [0, 0.1) is 0 Å². The van der Waals surface area contributed by atoms with Gasteiger partial charge in [0.1, 0.15) is 23.0 Å². The van der Waals surface area contributed by atoms with Gasteiger partial charge in [-0.2, -0.15) is 0 Å². The molecule has 2 aromatic carbocycles. The Morgan fingerprint density at radius 1 is 1.11 bits per heavy atom. The number of methoxy groups -OCH3 is 1. The molecule has 0 spiro atoms. The standard InChI is InChI=1S/C26H32N4O5/c1-33-20-10-12-21(13-11-20)34-16-6-14-29(18-22-9-5-15-35-22)23-24(27)30(26(32)28-25(23)31)17-19-7-3-2-4-8-19/h2-4,7-8,10-13,22H,5-6,9,14-18,27H2,1H3,(H,28,31,32). The summed E-state index contributed by atoms with van der Waals surface area (Å²) in [5.41, 5.74) is 6.63. The average molecular weight is 481 g/mol. The van der Waals surface area contributed by atoms with Gasteiger partial charge in [0.05, 0.1) is 26.4 Å². The number of ether oxygens (including phenoxy) is 3. The van der Waals surface area contributed by atoms with Gasteiger partial charge in [-0.05, 0) is 49.1 Å². The summed E-state index contributed by atoms with van der Waals surface area (Å²) in [6.07, 6.45) is 2.56.